The highest BCUT2D eigenvalue weighted by molar-refractivity contribution is 5.67. The van der Waals surface area contributed by atoms with Crippen LogP contribution in [0.1, 0.15) is 80.1 Å². The van der Waals surface area contributed by atoms with E-state index in [-0.39, 0.29) is 30.1 Å². The second-order valence-corrected chi connectivity index (χ2v) is 8.73. The fraction of sp³-hybridized carbons (Fsp3) is 0.708. The molecule has 2 unspecified atom stereocenters. The number of rotatable bonds is 10. The van der Waals surface area contributed by atoms with Crippen LogP contribution in [0.3, 0.4) is 0 Å². The number of carbonyl (C=O) groups is 3. The van der Waals surface area contributed by atoms with E-state index in [1.807, 2.05) is 20.8 Å². The van der Waals surface area contributed by atoms with E-state index in [0.29, 0.717) is 32.3 Å². The summed E-state index contributed by atoms with van der Waals surface area (Å²) in [6.07, 6.45) is 8.28. The van der Waals surface area contributed by atoms with Gasteiger partial charge in [-0.25, -0.2) is 0 Å². The first kappa shape index (κ1) is 26.1. The average molecular weight is 423 g/mol. The Morgan fingerprint density at radius 3 is 2.50 bits per heavy atom. The standard InChI is InChI=1S/C24H38O6/c1-17(2)9-11-22(29-19(4)26)18(3)8-7-14-24(6)23(30-20(5)27)12-10-21(13-15-25)16-28-24/h9,13,15,18,22-23H,7-8,10-12,14,16H2,1-6H3/t18?,22?,23-,24+/m1/s1. The highest BCUT2D eigenvalue weighted by Crippen LogP contribution is 2.34. The summed E-state index contributed by atoms with van der Waals surface area (Å²) in [6, 6.07) is 0. The fourth-order valence-electron chi connectivity index (χ4n) is 3.81. The van der Waals surface area contributed by atoms with Crippen molar-refractivity contribution in [3.63, 3.8) is 0 Å². The Morgan fingerprint density at radius 1 is 1.23 bits per heavy atom. The molecule has 1 saturated heterocycles. The minimum Gasteiger partial charge on any atom is -0.462 e. The third kappa shape index (κ3) is 9.24. The van der Waals surface area contributed by atoms with Crippen LogP contribution < -0.4 is 0 Å². The molecular weight excluding hydrogens is 384 g/mol. The van der Waals surface area contributed by atoms with Crippen LogP contribution in [-0.2, 0) is 28.6 Å². The molecule has 0 aromatic carbocycles. The predicted octanol–water partition coefficient (Wildman–Crippen LogP) is 4.71. The molecule has 0 aromatic rings. The van der Waals surface area contributed by atoms with Crippen molar-refractivity contribution in [3.05, 3.63) is 23.3 Å². The van der Waals surface area contributed by atoms with Crippen molar-refractivity contribution in [2.45, 2.75) is 97.9 Å². The maximum absolute atomic E-state index is 11.6. The van der Waals surface area contributed by atoms with Gasteiger partial charge in [0.15, 0.2) is 0 Å². The van der Waals surface area contributed by atoms with E-state index in [0.717, 1.165) is 24.7 Å². The smallest absolute Gasteiger partial charge is 0.303 e. The Labute approximate surface area is 181 Å². The van der Waals surface area contributed by atoms with Gasteiger partial charge in [0.2, 0.25) is 0 Å². The van der Waals surface area contributed by atoms with Crippen LogP contribution in [-0.4, -0.2) is 42.6 Å². The van der Waals surface area contributed by atoms with Gasteiger partial charge < -0.3 is 14.2 Å². The van der Waals surface area contributed by atoms with Crippen molar-refractivity contribution >= 4 is 18.2 Å². The summed E-state index contributed by atoms with van der Waals surface area (Å²) in [7, 11) is 0. The van der Waals surface area contributed by atoms with Crippen molar-refractivity contribution in [1.29, 1.82) is 0 Å². The molecule has 0 aliphatic carbocycles. The predicted molar refractivity (Wildman–Crippen MR) is 116 cm³/mol. The molecular formula is C24H38O6. The minimum atomic E-state index is -0.624. The monoisotopic (exact) mass is 422 g/mol. The molecule has 6 nitrogen and oxygen atoms in total. The quantitative estimate of drug-likeness (QED) is 0.220. The van der Waals surface area contributed by atoms with Gasteiger partial charge in [-0.05, 0) is 64.0 Å². The normalized spacial score (nSPS) is 25.0. The lowest BCUT2D eigenvalue weighted by molar-refractivity contribution is -0.167. The molecule has 1 fully saturated rings. The fourth-order valence-corrected chi connectivity index (χ4v) is 3.81. The van der Waals surface area contributed by atoms with Crippen molar-refractivity contribution in [1.82, 2.24) is 0 Å². The van der Waals surface area contributed by atoms with Gasteiger partial charge in [0.1, 0.15) is 24.1 Å². The molecule has 170 valence electrons. The number of hydrogen-bond acceptors (Lipinski definition) is 6. The first-order valence-corrected chi connectivity index (χ1v) is 10.8. The van der Waals surface area contributed by atoms with Crippen molar-refractivity contribution in [3.8, 4) is 0 Å². The van der Waals surface area contributed by atoms with E-state index in [9.17, 15) is 14.4 Å². The Bertz CT molecular complexity index is 646. The zero-order valence-corrected chi connectivity index (χ0v) is 19.4. The molecule has 1 heterocycles. The van der Waals surface area contributed by atoms with Crippen LogP contribution in [0, 0.1) is 5.92 Å². The van der Waals surface area contributed by atoms with Crippen LogP contribution in [0.15, 0.2) is 23.3 Å². The van der Waals surface area contributed by atoms with Crippen LogP contribution in [0.4, 0.5) is 0 Å². The van der Waals surface area contributed by atoms with E-state index in [1.165, 1.54) is 25.5 Å². The Morgan fingerprint density at radius 2 is 1.93 bits per heavy atom. The molecule has 1 aliphatic heterocycles. The molecule has 4 atom stereocenters. The zero-order valence-electron chi connectivity index (χ0n) is 19.4. The SMILES string of the molecule is CC(=O)OC(CC=C(C)C)C(C)CCC[C@]1(C)OCC(=CC=O)CC[C@H]1OC(C)=O. The summed E-state index contributed by atoms with van der Waals surface area (Å²) in [5, 5.41) is 0. The van der Waals surface area contributed by atoms with Crippen LogP contribution in [0.5, 0.6) is 0 Å². The summed E-state index contributed by atoms with van der Waals surface area (Å²) in [4.78, 5) is 34.0. The van der Waals surface area contributed by atoms with Gasteiger partial charge in [-0.2, -0.15) is 0 Å². The second kappa shape index (κ2) is 12.7. The van der Waals surface area contributed by atoms with Gasteiger partial charge in [0.05, 0.1) is 6.61 Å². The summed E-state index contributed by atoms with van der Waals surface area (Å²) < 4.78 is 17.3. The third-order valence-corrected chi connectivity index (χ3v) is 5.65. The topological polar surface area (TPSA) is 78.9 Å². The zero-order chi connectivity index (χ0) is 22.7. The highest BCUT2D eigenvalue weighted by Gasteiger charge is 2.39. The number of carbonyl (C=O) groups excluding carboxylic acids is 3. The Hall–Kier alpha value is -1.95. The van der Waals surface area contributed by atoms with Crippen molar-refractivity contribution in [2.24, 2.45) is 5.92 Å². The molecule has 0 aromatic heterocycles. The number of ether oxygens (including phenoxy) is 3. The maximum Gasteiger partial charge on any atom is 0.303 e. The van der Waals surface area contributed by atoms with Crippen LogP contribution in [0.25, 0.3) is 0 Å². The second-order valence-electron chi connectivity index (χ2n) is 8.73. The molecule has 1 rings (SSSR count). The van der Waals surface area contributed by atoms with Crippen LogP contribution in [0.2, 0.25) is 0 Å². The van der Waals surface area contributed by atoms with Gasteiger partial charge in [-0.15, -0.1) is 0 Å². The molecule has 0 amide bonds. The highest BCUT2D eigenvalue weighted by atomic mass is 16.6. The first-order chi connectivity index (χ1) is 14.1. The summed E-state index contributed by atoms with van der Waals surface area (Å²) >= 11 is 0. The minimum absolute atomic E-state index is 0.161. The average Bonchev–Trinajstić information content (AvgIpc) is 2.78. The number of hydrogen-bond donors (Lipinski definition) is 0. The third-order valence-electron chi connectivity index (χ3n) is 5.65. The summed E-state index contributed by atoms with van der Waals surface area (Å²) in [6.45, 7) is 11.3. The van der Waals surface area contributed by atoms with Crippen molar-refractivity contribution < 1.29 is 28.6 Å². The van der Waals surface area contributed by atoms with Gasteiger partial charge in [-0.3, -0.25) is 14.4 Å². The van der Waals surface area contributed by atoms with Gasteiger partial charge >= 0.3 is 11.9 Å². The Kier molecular flexibility index (Phi) is 11.0. The number of allylic oxidation sites excluding steroid dienone is 2. The Balaban J connectivity index is 2.79. The first-order valence-electron chi connectivity index (χ1n) is 10.8. The van der Waals surface area contributed by atoms with Crippen LogP contribution >= 0.6 is 0 Å². The summed E-state index contributed by atoms with van der Waals surface area (Å²) in [5.41, 5.74) is 1.48. The number of aldehydes is 1. The molecule has 6 heteroatoms. The van der Waals surface area contributed by atoms with Gasteiger partial charge in [-0.1, -0.05) is 25.0 Å². The molecule has 30 heavy (non-hydrogen) atoms. The molecule has 0 bridgehead atoms. The van der Waals surface area contributed by atoms with E-state index in [4.69, 9.17) is 14.2 Å². The van der Waals surface area contributed by atoms with E-state index < -0.39 is 5.60 Å². The van der Waals surface area contributed by atoms with E-state index in [1.54, 1.807) is 0 Å². The lowest BCUT2D eigenvalue weighted by Gasteiger charge is -2.35. The summed E-state index contributed by atoms with van der Waals surface area (Å²) in [5.74, 6) is -0.406. The molecule has 0 N–H and O–H groups in total. The van der Waals surface area contributed by atoms with Gasteiger partial charge in [0.25, 0.3) is 0 Å². The largest absolute Gasteiger partial charge is 0.462 e. The van der Waals surface area contributed by atoms with Gasteiger partial charge in [0, 0.05) is 20.3 Å². The van der Waals surface area contributed by atoms with E-state index in [2.05, 4.69) is 13.0 Å². The molecule has 1 aliphatic rings. The number of esters is 2. The van der Waals surface area contributed by atoms with Crippen molar-refractivity contribution in [2.75, 3.05) is 6.61 Å². The molecule has 0 radical (unpaired) electrons. The lowest BCUT2D eigenvalue weighted by atomic mass is 9.86. The van der Waals surface area contributed by atoms with E-state index >= 15 is 0 Å². The maximum atomic E-state index is 11.6. The molecule has 0 saturated carbocycles. The molecule has 0 spiro atoms. The lowest BCUT2D eigenvalue weighted by Crippen LogP contribution is -2.43.